The van der Waals surface area contributed by atoms with E-state index in [0.29, 0.717) is 6.42 Å². The molecule has 3 aromatic rings. The van der Waals surface area contributed by atoms with Crippen LogP contribution in [0.4, 0.5) is 11.4 Å². The van der Waals surface area contributed by atoms with Crippen LogP contribution < -0.4 is 10.6 Å². The summed E-state index contributed by atoms with van der Waals surface area (Å²) in [5, 5.41) is 10.9. The van der Waals surface area contributed by atoms with E-state index in [-0.39, 0.29) is 11.9 Å². The summed E-state index contributed by atoms with van der Waals surface area (Å²) >= 11 is 0. The second-order valence-electron chi connectivity index (χ2n) is 6.51. The lowest BCUT2D eigenvalue weighted by atomic mass is 10.1. The summed E-state index contributed by atoms with van der Waals surface area (Å²) in [6.07, 6.45) is 4.23. The van der Waals surface area contributed by atoms with Gasteiger partial charge >= 0.3 is 0 Å². The minimum atomic E-state index is 0.0223. The van der Waals surface area contributed by atoms with Gasteiger partial charge in [0, 0.05) is 29.8 Å². The molecule has 0 spiro atoms. The van der Waals surface area contributed by atoms with Crippen LogP contribution in [0.2, 0.25) is 0 Å². The molecule has 4 rings (SSSR count). The SMILES string of the molecule is C=C(c1ccccc1)n1cc(-c2cccc3c2N[C@H](C)CC(=O)N3)cn1. The number of rotatable bonds is 3. The smallest absolute Gasteiger partial charge is 0.226 e. The molecule has 0 fully saturated rings. The predicted octanol–water partition coefficient (Wildman–Crippen LogP) is 4.21. The highest BCUT2D eigenvalue weighted by Gasteiger charge is 2.21. The van der Waals surface area contributed by atoms with Crippen molar-refractivity contribution >= 4 is 23.0 Å². The minimum Gasteiger partial charge on any atom is -0.380 e. The van der Waals surface area contributed by atoms with E-state index in [0.717, 1.165) is 33.8 Å². The standard InChI is InChI=1S/C21H20N4O/c1-14-11-20(26)24-19-10-6-9-18(21(19)23-14)17-12-22-25(13-17)15(2)16-7-4-3-5-8-16/h3-10,12-14,23H,2,11H2,1H3,(H,24,26)/t14-/m1/s1. The molecule has 0 bridgehead atoms. The molecule has 1 aromatic heterocycles. The normalized spacial score (nSPS) is 16.2. The summed E-state index contributed by atoms with van der Waals surface area (Å²) in [5.74, 6) is 0.0223. The van der Waals surface area contributed by atoms with Crippen molar-refractivity contribution in [3.63, 3.8) is 0 Å². The van der Waals surface area contributed by atoms with Gasteiger partial charge in [0.25, 0.3) is 0 Å². The molecule has 1 amide bonds. The molecule has 1 aliphatic rings. The zero-order valence-corrected chi connectivity index (χ0v) is 14.6. The highest BCUT2D eigenvalue weighted by atomic mass is 16.1. The molecule has 5 heteroatoms. The van der Waals surface area contributed by atoms with Crippen LogP contribution in [0.15, 0.2) is 67.5 Å². The number of aromatic nitrogens is 2. The molecule has 0 saturated heterocycles. The molecule has 1 aliphatic heterocycles. The highest BCUT2D eigenvalue weighted by molar-refractivity contribution is 6.00. The van der Waals surface area contributed by atoms with E-state index >= 15 is 0 Å². The van der Waals surface area contributed by atoms with Crippen molar-refractivity contribution in [3.8, 4) is 11.1 Å². The van der Waals surface area contributed by atoms with Gasteiger partial charge in [-0.1, -0.05) is 49.0 Å². The Balaban J connectivity index is 1.72. The molecule has 5 nitrogen and oxygen atoms in total. The molecule has 0 aliphatic carbocycles. The van der Waals surface area contributed by atoms with Crippen LogP contribution >= 0.6 is 0 Å². The lowest BCUT2D eigenvalue weighted by Gasteiger charge is -2.15. The Morgan fingerprint density at radius 3 is 2.81 bits per heavy atom. The fraction of sp³-hybridized carbons (Fsp3) is 0.143. The van der Waals surface area contributed by atoms with Gasteiger partial charge in [0.05, 0.1) is 23.3 Å². The van der Waals surface area contributed by atoms with Crippen LogP contribution in [0.3, 0.4) is 0 Å². The first-order valence-corrected chi connectivity index (χ1v) is 8.61. The first-order chi connectivity index (χ1) is 12.6. The summed E-state index contributed by atoms with van der Waals surface area (Å²) in [4.78, 5) is 12.0. The summed E-state index contributed by atoms with van der Waals surface area (Å²) < 4.78 is 1.78. The second kappa shape index (κ2) is 6.52. The number of para-hydroxylation sites is 1. The third-order valence-corrected chi connectivity index (χ3v) is 4.50. The number of hydrogen-bond donors (Lipinski definition) is 2. The lowest BCUT2D eigenvalue weighted by molar-refractivity contribution is -0.116. The van der Waals surface area contributed by atoms with Gasteiger partial charge in [-0.15, -0.1) is 0 Å². The van der Waals surface area contributed by atoms with Crippen LogP contribution in [0.1, 0.15) is 18.9 Å². The molecule has 2 aromatic carbocycles. The topological polar surface area (TPSA) is 59.0 Å². The zero-order chi connectivity index (χ0) is 18.1. The highest BCUT2D eigenvalue weighted by Crippen LogP contribution is 2.36. The Morgan fingerprint density at radius 2 is 2.00 bits per heavy atom. The van der Waals surface area contributed by atoms with Gasteiger partial charge in [-0.05, 0) is 18.6 Å². The zero-order valence-electron chi connectivity index (χ0n) is 14.6. The van der Waals surface area contributed by atoms with Crippen molar-refractivity contribution in [2.24, 2.45) is 0 Å². The largest absolute Gasteiger partial charge is 0.380 e. The Kier molecular flexibility index (Phi) is 4.05. The fourth-order valence-electron chi connectivity index (χ4n) is 3.20. The quantitative estimate of drug-likeness (QED) is 0.748. The number of nitrogens with one attached hydrogen (secondary N) is 2. The molecular formula is C21H20N4O. The van der Waals surface area contributed by atoms with Gasteiger partial charge in [0.1, 0.15) is 0 Å². The fourth-order valence-corrected chi connectivity index (χ4v) is 3.20. The number of hydrogen-bond acceptors (Lipinski definition) is 3. The number of fused-ring (bicyclic) bond motifs is 1. The van der Waals surface area contributed by atoms with E-state index in [1.54, 1.807) is 4.68 Å². The minimum absolute atomic E-state index is 0.0223. The average Bonchev–Trinajstić information content (AvgIpc) is 3.07. The molecule has 0 radical (unpaired) electrons. The van der Waals surface area contributed by atoms with Crippen LogP contribution in [0.5, 0.6) is 0 Å². The number of nitrogens with zero attached hydrogens (tertiary/aromatic N) is 2. The molecule has 2 heterocycles. The van der Waals surface area contributed by atoms with Crippen LogP contribution in [0, 0.1) is 0 Å². The van der Waals surface area contributed by atoms with Crippen molar-refractivity contribution in [2.45, 2.75) is 19.4 Å². The first-order valence-electron chi connectivity index (χ1n) is 8.61. The molecule has 0 unspecified atom stereocenters. The maximum atomic E-state index is 12.0. The van der Waals surface area contributed by atoms with E-state index in [1.807, 2.05) is 67.8 Å². The molecule has 130 valence electrons. The number of amides is 1. The van der Waals surface area contributed by atoms with E-state index in [4.69, 9.17) is 0 Å². The molecular weight excluding hydrogens is 324 g/mol. The van der Waals surface area contributed by atoms with Gasteiger partial charge in [-0.2, -0.15) is 5.10 Å². The van der Waals surface area contributed by atoms with Gasteiger partial charge in [-0.25, -0.2) is 4.68 Å². The first kappa shape index (κ1) is 16.1. The third kappa shape index (κ3) is 2.99. The van der Waals surface area contributed by atoms with Crippen LogP contribution in [0.25, 0.3) is 16.8 Å². The molecule has 2 N–H and O–H groups in total. The van der Waals surface area contributed by atoms with Gasteiger partial charge in [0.2, 0.25) is 5.91 Å². The van der Waals surface area contributed by atoms with E-state index in [9.17, 15) is 4.79 Å². The Labute approximate surface area is 152 Å². The van der Waals surface area contributed by atoms with Crippen molar-refractivity contribution in [2.75, 3.05) is 10.6 Å². The van der Waals surface area contributed by atoms with E-state index < -0.39 is 0 Å². The third-order valence-electron chi connectivity index (χ3n) is 4.50. The van der Waals surface area contributed by atoms with Crippen LogP contribution in [-0.4, -0.2) is 21.7 Å². The number of carbonyl (C=O) groups excluding carboxylic acids is 1. The average molecular weight is 344 g/mol. The molecule has 1 atom stereocenters. The number of anilines is 2. The lowest BCUT2D eigenvalue weighted by Crippen LogP contribution is -2.19. The second-order valence-corrected chi connectivity index (χ2v) is 6.51. The van der Waals surface area contributed by atoms with Crippen molar-refractivity contribution < 1.29 is 4.79 Å². The number of benzene rings is 2. The molecule has 0 saturated carbocycles. The summed E-state index contributed by atoms with van der Waals surface area (Å²) in [6.45, 7) is 6.16. The van der Waals surface area contributed by atoms with Gasteiger partial charge in [0.15, 0.2) is 0 Å². The molecule has 26 heavy (non-hydrogen) atoms. The Morgan fingerprint density at radius 1 is 1.19 bits per heavy atom. The summed E-state index contributed by atoms with van der Waals surface area (Å²) in [6, 6.07) is 15.9. The Hall–Kier alpha value is -3.34. The van der Waals surface area contributed by atoms with Crippen molar-refractivity contribution in [3.05, 3.63) is 73.1 Å². The van der Waals surface area contributed by atoms with Gasteiger partial charge in [-0.3, -0.25) is 4.79 Å². The van der Waals surface area contributed by atoms with E-state index in [1.165, 1.54) is 0 Å². The maximum absolute atomic E-state index is 12.0. The predicted molar refractivity (Wildman–Crippen MR) is 105 cm³/mol. The number of carbonyl (C=O) groups is 1. The monoisotopic (exact) mass is 344 g/mol. The summed E-state index contributed by atoms with van der Waals surface area (Å²) in [5.41, 5.74) is 5.53. The van der Waals surface area contributed by atoms with E-state index in [2.05, 4.69) is 22.3 Å². The maximum Gasteiger partial charge on any atom is 0.226 e. The van der Waals surface area contributed by atoms with Crippen molar-refractivity contribution in [1.29, 1.82) is 0 Å². The van der Waals surface area contributed by atoms with Crippen molar-refractivity contribution in [1.82, 2.24) is 9.78 Å². The summed E-state index contributed by atoms with van der Waals surface area (Å²) in [7, 11) is 0. The van der Waals surface area contributed by atoms with Gasteiger partial charge < -0.3 is 10.6 Å². The van der Waals surface area contributed by atoms with Crippen LogP contribution in [-0.2, 0) is 4.79 Å². The Bertz CT molecular complexity index is 975.